The van der Waals surface area contributed by atoms with Crippen LogP contribution in [0.1, 0.15) is 24.8 Å². The van der Waals surface area contributed by atoms with Gasteiger partial charge in [0, 0.05) is 24.7 Å². The molecule has 7 heteroatoms. The smallest absolute Gasteiger partial charge is 0.274 e. The Labute approximate surface area is 163 Å². The van der Waals surface area contributed by atoms with Crippen molar-refractivity contribution in [1.82, 2.24) is 4.90 Å². The number of carbonyl (C=O) groups excluding carboxylic acids is 1. The number of benzene rings is 2. The van der Waals surface area contributed by atoms with E-state index in [1.165, 1.54) is 6.07 Å². The van der Waals surface area contributed by atoms with Crippen LogP contribution in [0.5, 0.6) is 5.75 Å². The summed E-state index contributed by atoms with van der Waals surface area (Å²) in [6.45, 7) is 2.26. The molecular formula is C21H23N3O4. The van der Waals surface area contributed by atoms with Gasteiger partial charge in [-0.3, -0.25) is 14.9 Å². The van der Waals surface area contributed by atoms with Crippen molar-refractivity contribution in [2.24, 2.45) is 0 Å². The number of rotatable bonds is 4. The van der Waals surface area contributed by atoms with E-state index in [1.54, 1.807) is 18.2 Å². The lowest BCUT2D eigenvalue weighted by molar-refractivity contribution is -0.385. The third kappa shape index (κ3) is 3.65. The highest BCUT2D eigenvalue weighted by Crippen LogP contribution is 2.35. The second kappa shape index (κ2) is 7.88. The summed E-state index contributed by atoms with van der Waals surface area (Å²) in [6.07, 6.45) is 2.60. The number of ether oxygens (including phenoxy) is 1. The summed E-state index contributed by atoms with van der Waals surface area (Å²) in [6, 6.07) is 14.3. The van der Waals surface area contributed by atoms with Crippen LogP contribution in [0.3, 0.4) is 0 Å². The quantitative estimate of drug-likeness (QED) is 0.599. The minimum absolute atomic E-state index is 0.00163. The van der Waals surface area contributed by atoms with E-state index in [-0.39, 0.29) is 16.5 Å². The number of nitro benzene ring substituents is 1. The summed E-state index contributed by atoms with van der Waals surface area (Å²) < 4.78 is 6.03. The Balaban J connectivity index is 1.61. The van der Waals surface area contributed by atoms with E-state index in [2.05, 4.69) is 0 Å². The Hall–Kier alpha value is -3.09. The van der Waals surface area contributed by atoms with Gasteiger partial charge in [0.2, 0.25) is 0 Å². The van der Waals surface area contributed by atoms with Gasteiger partial charge in [-0.05, 0) is 31.4 Å². The molecule has 1 saturated heterocycles. The monoisotopic (exact) mass is 381 g/mol. The van der Waals surface area contributed by atoms with E-state index in [1.807, 2.05) is 34.1 Å². The lowest BCUT2D eigenvalue weighted by Gasteiger charge is -2.38. The molecule has 0 radical (unpaired) electrons. The number of fused-ring (bicyclic) bond motifs is 1. The first-order valence-corrected chi connectivity index (χ1v) is 9.65. The summed E-state index contributed by atoms with van der Waals surface area (Å²) in [7, 11) is 0. The fraction of sp³-hybridized carbons (Fsp3) is 0.381. The molecule has 2 aromatic carbocycles. The number of anilines is 1. The topological polar surface area (TPSA) is 75.9 Å². The van der Waals surface area contributed by atoms with Crippen LogP contribution in [0.2, 0.25) is 0 Å². The van der Waals surface area contributed by atoms with Crippen LogP contribution < -0.4 is 9.64 Å². The molecule has 1 atom stereocenters. The number of hydrogen-bond acceptors (Lipinski definition) is 5. The first-order chi connectivity index (χ1) is 13.6. The molecule has 7 nitrogen and oxygen atoms in total. The van der Waals surface area contributed by atoms with Gasteiger partial charge in [0.05, 0.1) is 23.7 Å². The Morgan fingerprint density at radius 1 is 1.07 bits per heavy atom. The van der Waals surface area contributed by atoms with Gasteiger partial charge >= 0.3 is 0 Å². The number of nitrogens with zero attached hydrogens (tertiary/aromatic N) is 3. The van der Waals surface area contributed by atoms with E-state index in [4.69, 9.17) is 4.74 Å². The van der Waals surface area contributed by atoms with E-state index in [9.17, 15) is 14.9 Å². The predicted octanol–water partition coefficient (Wildman–Crippen LogP) is 3.37. The van der Waals surface area contributed by atoms with Crippen molar-refractivity contribution < 1.29 is 14.5 Å². The van der Waals surface area contributed by atoms with E-state index in [0.717, 1.165) is 38.0 Å². The fourth-order valence-electron chi connectivity index (χ4n) is 3.93. The molecular weight excluding hydrogens is 358 g/mol. The molecule has 2 aromatic rings. The maximum absolute atomic E-state index is 13.0. The Morgan fingerprint density at radius 2 is 1.79 bits per heavy atom. The zero-order valence-electron chi connectivity index (χ0n) is 15.6. The van der Waals surface area contributed by atoms with Crippen molar-refractivity contribution in [2.75, 3.05) is 24.5 Å². The highest BCUT2D eigenvalue weighted by atomic mass is 16.6. The van der Waals surface area contributed by atoms with Crippen molar-refractivity contribution in [2.45, 2.75) is 31.9 Å². The first kappa shape index (κ1) is 18.3. The number of nitro groups is 1. The lowest BCUT2D eigenvalue weighted by atomic mass is 10.1. The number of hydrogen-bond donors (Lipinski definition) is 0. The Kier molecular flexibility index (Phi) is 5.14. The number of likely N-dealkylation sites (tertiary alicyclic amines) is 1. The summed E-state index contributed by atoms with van der Waals surface area (Å²) in [5.74, 6) is 0.643. The van der Waals surface area contributed by atoms with Crippen molar-refractivity contribution >= 4 is 17.3 Å². The second-order valence-electron chi connectivity index (χ2n) is 7.23. The van der Waals surface area contributed by atoms with Crippen LogP contribution in [0.4, 0.5) is 11.4 Å². The highest BCUT2D eigenvalue weighted by Gasteiger charge is 2.34. The molecule has 0 aliphatic carbocycles. The highest BCUT2D eigenvalue weighted by molar-refractivity contribution is 5.83. The lowest BCUT2D eigenvalue weighted by Crippen LogP contribution is -2.51. The first-order valence-electron chi connectivity index (χ1n) is 9.65. The molecule has 0 spiro atoms. The van der Waals surface area contributed by atoms with Gasteiger partial charge in [-0.1, -0.05) is 30.3 Å². The van der Waals surface area contributed by atoms with E-state index in [0.29, 0.717) is 24.4 Å². The molecule has 2 heterocycles. The van der Waals surface area contributed by atoms with Gasteiger partial charge in [-0.2, -0.15) is 0 Å². The fourth-order valence-corrected chi connectivity index (χ4v) is 3.93. The van der Waals surface area contributed by atoms with E-state index >= 15 is 0 Å². The Morgan fingerprint density at radius 3 is 2.57 bits per heavy atom. The Bertz CT molecular complexity index is 879. The predicted molar refractivity (Wildman–Crippen MR) is 105 cm³/mol. The standard InChI is InChI=1S/C21H23N3O4/c25-21(22-12-6-1-7-13-22)20-15-23(18-10-4-5-11-19(18)28-20)14-16-8-2-3-9-17(16)24(26)27/h2-5,8-11,20H,1,6-7,12-15H2. The van der Waals surface area contributed by atoms with Crippen LogP contribution in [-0.2, 0) is 11.3 Å². The maximum Gasteiger partial charge on any atom is 0.274 e. The molecule has 2 aliphatic rings. The minimum atomic E-state index is -0.601. The molecule has 4 rings (SSSR count). The molecule has 28 heavy (non-hydrogen) atoms. The van der Waals surface area contributed by atoms with Crippen LogP contribution in [-0.4, -0.2) is 41.5 Å². The molecule has 2 aliphatic heterocycles. The van der Waals surface area contributed by atoms with Crippen molar-refractivity contribution in [1.29, 1.82) is 0 Å². The third-order valence-corrected chi connectivity index (χ3v) is 5.35. The van der Waals surface area contributed by atoms with Crippen LogP contribution in [0.15, 0.2) is 48.5 Å². The largest absolute Gasteiger partial charge is 0.477 e. The zero-order valence-corrected chi connectivity index (χ0v) is 15.6. The number of carbonyl (C=O) groups is 1. The summed E-state index contributed by atoms with van der Waals surface area (Å²) in [5, 5.41) is 11.4. The zero-order chi connectivity index (χ0) is 19.5. The van der Waals surface area contributed by atoms with Crippen molar-refractivity contribution in [3.8, 4) is 5.75 Å². The van der Waals surface area contributed by atoms with Crippen LogP contribution >= 0.6 is 0 Å². The average Bonchev–Trinajstić information content (AvgIpc) is 2.74. The molecule has 146 valence electrons. The number of para-hydroxylation sites is 3. The maximum atomic E-state index is 13.0. The molecule has 1 fully saturated rings. The minimum Gasteiger partial charge on any atom is -0.477 e. The number of piperidine rings is 1. The molecule has 1 amide bonds. The van der Waals surface area contributed by atoms with Gasteiger partial charge in [-0.15, -0.1) is 0 Å². The van der Waals surface area contributed by atoms with Gasteiger partial charge in [0.15, 0.2) is 6.10 Å². The molecule has 0 bridgehead atoms. The van der Waals surface area contributed by atoms with Gasteiger partial charge < -0.3 is 14.5 Å². The normalized spacial score (nSPS) is 18.9. The summed E-state index contributed by atoms with van der Waals surface area (Å²) in [4.78, 5) is 27.9. The summed E-state index contributed by atoms with van der Waals surface area (Å²) >= 11 is 0. The number of amides is 1. The molecule has 0 aromatic heterocycles. The van der Waals surface area contributed by atoms with Gasteiger partial charge in [0.1, 0.15) is 5.75 Å². The van der Waals surface area contributed by atoms with Crippen LogP contribution in [0.25, 0.3) is 0 Å². The summed E-state index contributed by atoms with van der Waals surface area (Å²) in [5.41, 5.74) is 1.56. The SMILES string of the molecule is O=C(C1CN(Cc2ccccc2[N+](=O)[O-])c2ccccc2O1)N1CCCCC1. The van der Waals surface area contributed by atoms with Gasteiger partial charge in [0.25, 0.3) is 11.6 Å². The molecule has 1 unspecified atom stereocenters. The third-order valence-electron chi connectivity index (χ3n) is 5.35. The second-order valence-corrected chi connectivity index (χ2v) is 7.23. The molecule has 0 N–H and O–H groups in total. The average molecular weight is 381 g/mol. The van der Waals surface area contributed by atoms with Crippen molar-refractivity contribution in [3.05, 3.63) is 64.2 Å². The molecule has 0 saturated carbocycles. The van der Waals surface area contributed by atoms with Crippen LogP contribution in [0, 0.1) is 10.1 Å². The van der Waals surface area contributed by atoms with Gasteiger partial charge in [-0.25, -0.2) is 0 Å². The van der Waals surface area contributed by atoms with Crippen molar-refractivity contribution in [3.63, 3.8) is 0 Å². The van der Waals surface area contributed by atoms with E-state index < -0.39 is 6.10 Å².